The minimum absolute atomic E-state index is 0.305. The lowest BCUT2D eigenvalue weighted by atomic mass is 10.1. The molecule has 4 nitrogen and oxygen atoms in total. The van der Waals surface area contributed by atoms with Crippen LogP contribution in [0.25, 0.3) is 0 Å². The number of hydrogen-bond acceptors (Lipinski definition) is 3. The van der Waals surface area contributed by atoms with Gasteiger partial charge >= 0.3 is 5.97 Å². The first kappa shape index (κ1) is 16.4. The predicted octanol–water partition coefficient (Wildman–Crippen LogP) is 1.81. The molecule has 0 heterocycles. The van der Waals surface area contributed by atoms with Gasteiger partial charge in [-0.15, -0.1) is 0 Å². The molecule has 0 aliphatic rings. The fraction of sp³-hybridized carbons (Fsp3) is 0.923. The summed E-state index contributed by atoms with van der Waals surface area (Å²) in [7, 11) is 0. The quantitative estimate of drug-likeness (QED) is 0.615. The average Bonchev–Trinajstić information content (AvgIpc) is 2.31. The summed E-state index contributed by atoms with van der Waals surface area (Å²) in [5, 5.41) is 12.0. The van der Waals surface area contributed by atoms with E-state index in [0.29, 0.717) is 12.6 Å². The Bertz CT molecular complexity index is 206. The summed E-state index contributed by atoms with van der Waals surface area (Å²) >= 11 is 0. The highest BCUT2D eigenvalue weighted by Crippen LogP contribution is 2.01. The lowest BCUT2D eigenvalue weighted by molar-refractivity contribution is -0.140. The molecule has 0 fully saturated rings. The van der Waals surface area contributed by atoms with Crippen molar-refractivity contribution in [3.05, 3.63) is 0 Å². The maximum absolute atomic E-state index is 10.6. The van der Waals surface area contributed by atoms with Crippen molar-refractivity contribution in [2.45, 2.75) is 46.6 Å². The first-order chi connectivity index (χ1) is 8.01. The van der Waals surface area contributed by atoms with Crippen molar-refractivity contribution in [1.82, 2.24) is 10.2 Å². The van der Waals surface area contributed by atoms with Crippen LogP contribution < -0.4 is 5.32 Å². The second-order valence-corrected chi connectivity index (χ2v) is 4.72. The van der Waals surface area contributed by atoms with E-state index in [9.17, 15) is 4.79 Å². The molecule has 0 rings (SSSR count). The molecule has 0 radical (unpaired) electrons. The van der Waals surface area contributed by atoms with E-state index in [1.54, 1.807) is 6.92 Å². The number of nitrogens with zero attached hydrogens (tertiary/aromatic N) is 1. The highest BCUT2D eigenvalue weighted by atomic mass is 16.4. The van der Waals surface area contributed by atoms with E-state index in [-0.39, 0.29) is 5.92 Å². The molecule has 0 aromatic heterocycles. The molecule has 0 aliphatic carbocycles. The molecule has 2 unspecified atom stereocenters. The van der Waals surface area contributed by atoms with Crippen molar-refractivity contribution < 1.29 is 9.90 Å². The number of aliphatic carboxylic acids is 1. The lowest BCUT2D eigenvalue weighted by Crippen LogP contribution is -2.34. The van der Waals surface area contributed by atoms with Crippen LogP contribution >= 0.6 is 0 Å². The molecular weight excluding hydrogens is 216 g/mol. The largest absolute Gasteiger partial charge is 0.481 e. The normalized spacial score (nSPS) is 14.9. The zero-order chi connectivity index (χ0) is 13.3. The molecule has 4 heteroatoms. The molecule has 0 aromatic rings. The topological polar surface area (TPSA) is 52.6 Å². The fourth-order valence-electron chi connectivity index (χ4n) is 1.73. The molecule has 2 atom stereocenters. The van der Waals surface area contributed by atoms with Gasteiger partial charge in [-0.2, -0.15) is 0 Å². The van der Waals surface area contributed by atoms with E-state index in [4.69, 9.17) is 5.11 Å². The third-order valence-corrected chi connectivity index (χ3v) is 3.20. The van der Waals surface area contributed by atoms with Gasteiger partial charge in [-0.25, -0.2) is 0 Å². The molecule has 102 valence electrons. The minimum Gasteiger partial charge on any atom is -0.481 e. The second kappa shape index (κ2) is 9.42. The van der Waals surface area contributed by atoms with Crippen LogP contribution in [0.2, 0.25) is 0 Å². The Kier molecular flexibility index (Phi) is 9.09. The van der Waals surface area contributed by atoms with Gasteiger partial charge in [-0.05, 0) is 39.4 Å². The van der Waals surface area contributed by atoms with Gasteiger partial charge in [0.25, 0.3) is 0 Å². The van der Waals surface area contributed by atoms with Crippen LogP contribution in [-0.2, 0) is 4.79 Å². The number of carboxylic acid groups (broad SMARTS) is 1. The molecule has 0 amide bonds. The van der Waals surface area contributed by atoms with Crippen molar-refractivity contribution in [2.24, 2.45) is 5.92 Å². The Morgan fingerprint density at radius 1 is 1.29 bits per heavy atom. The highest BCUT2D eigenvalue weighted by molar-refractivity contribution is 5.69. The van der Waals surface area contributed by atoms with E-state index in [0.717, 1.165) is 32.5 Å². The summed E-state index contributed by atoms with van der Waals surface area (Å²) in [6.07, 6.45) is 2.26. The number of hydrogen-bond donors (Lipinski definition) is 2. The highest BCUT2D eigenvalue weighted by Gasteiger charge is 2.11. The lowest BCUT2D eigenvalue weighted by Gasteiger charge is -2.20. The van der Waals surface area contributed by atoms with Crippen molar-refractivity contribution >= 4 is 5.97 Å². The molecule has 0 saturated carbocycles. The van der Waals surface area contributed by atoms with Crippen LogP contribution in [-0.4, -0.2) is 48.2 Å². The van der Waals surface area contributed by atoms with Crippen LogP contribution in [0.4, 0.5) is 0 Å². The molecule has 0 aliphatic heterocycles. The van der Waals surface area contributed by atoms with Gasteiger partial charge in [0.15, 0.2) is 0 Å². The van der Waals surface area contributed by atoms with Gasteiger partial charge in [0, 0.05) is 12.6 Å². The van der Waals surface area contributed by atoms with E-state index in [2.05, 4.69) is 31.0 Å². The van der Waals surface area contributed by atoms with Crippen molar-refractivity contribution in [3.63, 3.8) is 0 Å². The summed E-state index contributed by atoms with van der Waals surface area (Å²) in [5.74, 6) is -1.03. The van der Waals surface area contributed by atoms with E-state index in [1.807, 2.05) is 0 Å². The summed E-state index contributed by atoms with van der Waals surface area (Å²) in [6.45, 7) is 12.1. The number of rotatable bonds is 10. The number of nitrogens with one attached hydrogen (secondary N) is 1. The molecular formula is C13H28N2O2. The first-order valence-corrected chi connectivity index (χ1v) is 6.69. The van der Waals surface area contributed by atoms with E-state index in [1.165, 1.54) is 0 Å². The van der Waals surface area contributed by atoms with Crippen molar-refractivity contribution in [2.75, 3.05) is 26.2 Å². The van der Waals surface area contributed by atoms with Gasteiger partial charge in [0.1, 0.15) is 0 Å². The average molecular weight is 244 g/mol. The predicted molar refractivity (Wildman–Crippen MR) is 71.3 cm³/mol. The van der Waals surface area contributed by atoms with Gasteiger partial charge in [-0.1, -0.05) is 20.8 Å². The zero-order valence-electron chi connectivity index (χ0n) is 11.7. The monoisotopic (exact) mass is 244 g/mol. The minimum atomic E-state index is -0.729. The Morgan fingerprint density at radius 3 is 2.35 bits per heavy atom. The molecule has 0 saturated heterocycles. The van der Waals surface area contributed by atoms with Gasteiger partial charge in [0.2, 0.25) is 0 Å². The molecule has 0 spiro atoms. The Labute approximate surface area is 105 Å². The maximum atomic E-state index is 10.6. The first-order valence-electron chi connectivity index (χ1n) is 6.69. The van der Waals surface area contributed by atoms with Crippen molar-refractivity contribution in [1.29, 1.82) is 0 Å². The van der Waals surface area contributed by atoms with Gasteiger partial charge in [0.05, 0.1) is 5.92 Å². The van der Waals surface area contributed by atoms with Crippen LogP contribution in [0.1, 0.15) is 40.5 Å². The summed E-state index contributed by atoms with van der Waals surface area (Å²) < 4.78 is 0. The van der Waals surface area contributed by atoms with Crippen molar-refractivity contribution in [3.8, 4) is 0 Å². The number of carbonyl (C=O) groups is 1. The Morgan fingerprint density at radius 2 is 1.88 bits per heavy atom. The standard InChI is InChI=1S/C13H28N2O2/c1-5-15(6-2)9-7-8-12(4)14-10-11(3)13(16)17/h11-12,14H,5-10H2,1-4H3,(H,16,17). The third kappa shape index (κ3) is 8.16. The zero-order valence-corrected chi connectivity index (χ0v) is 11.7. The molecule has 0 aromatic carbocycles. The van der Waals surface area contributed by atoms with Crippen LogP contribution in [0, 0.1) is 5.92 Å². The fourth-order valence-corrected chi connectivity index (χ4v) is 1.73. The smallest absolute Gasteiger partial charge is 0.307 e. The Hall–Kier alpha value is -0.610. The van der Waals surface area contributed by atoms with Gasteiger partial charge < -0.3 is 15.3 Å². The summed E-state index contributed by atoms with van der Waals surface area (Å²) in [6, 6.07) is 0.396. The summed E-state index contributed by atoms with van der Waals surface area (Å²) in [5.41, 5.74) is 0. The SMILES string of the molecule is CCN(CC)CCCC(C)NCC(C)C(=O)O. The van der Waals surface area contributed by atoms with Crippen LogP contribution in [0.3, 0.4) is 0 Å². The van der Waals surface area contributed by atoms with Gasteiger partial charge in [-0.3, -0.25) is 4.79 Å². The second-order valence-electron chi connectivity index (χ2n) is 4.72. The number of carboxylic acids is 1. The summed E-state index contributed by atoms with van der Waals surface area (Å²) in [4.78, 5) is 13.1. The third-order valence-electron chi connectivity index (χ3n) is 3.20. The molecule has 0 bridgehead atoms. The molecule has 2 N–H and O–H groups in total. The van der Waals surface area contributed by atoms with E-state index >= 15 is 0 Å². The maximum Gasteiger partial charge on any atom is 0.307 e. The van der Waals surface area contributed by atoms with Crippen LogP contribution in [0.15, 0.2) is 0 Å². The molecule has 17 heavy (non-hydrogen) atoms. The van der Waals surface area contributed by atoms with Crippen LogP contribution in [0.5, 0.6) is 0 Å². The Balaban J connectivity index is 3.59. The van der Waals surface area contributed by atoms with E-state index < -0.39 is 5.97 Å².